The van der Waals surface area contributed by atoms with E-state index in [2.05, 4.69) is 33.5 Å². The summed E-state index contributed by atoms with van der Waals surface area (Å²) in [6.45, 7) is 11.7. The molecular formula is C17H34O3Si. The van der Waals surface area contributed by atoms with Crippen LogP contribution in [-0.4, -0.2) is 26.5 Å². The molecule has 1 aliphatic heterocycles. The molecule has 1 saturated heterocycles. The molecule has 4 heteroatoms. The summed E-state index contributed by atoms with van der Waals surface area (Å²) in [5.41, 5.74) is -0.284. The number of ether oxygens (including phenoxy) is 1. The third-order valence-corrected chi connectivity index (χ3v) is 5.24. The zero-order valence-electron chi connectivity index (χ0n) is 14.7. The van der Waals surface area contributed by atoms with Gasteiger partial charge in [0.25, 0.3) is 0 Å². The van der Waals surface area contributed by atoms with Gasteiger partial charge in [0.2, 0.25) is 0 Å². The molecule has 3 nitrogen and oxygen atoms in total. The summed E-state index contributed by atoms with van der Waals surface area (Å²) >= 11 is 0. The van der Waals surface area contributed by atoms with E-state index in [1.54, 1.807) is 0 Å². The molecule has 1 heterocycles. The quantitative estimate of drug-likeness (QED) is 0.448. The maximum Gasteiger partial charge on any atom is 0.311 e. The van der Waals surface area contributed by atoms with Crippen LogP contribution in [0, 0.1) is 5.92 Å². The number of carbonyl (C=O) groups excluding carboxylic acids is 1. The highest BCUT2D eigenvalue weighted by atomic mass is 28.4. The fourth-order valence-electron chi connectivity index (χ4n) is 3.36. The molecule has 0 bridgehead atoms. The molecule has 0 saturated carbocycles. The van der Waals surface area contributed by atoms with Crippen molar-refractivity contribution in [2.24, 2.45) is 5.92 Å². The van der Waals surface area contributed by atoms with Crippen LogP contribution in [0.4, 0.5) is 0 Å². The van der Waals surface area contributed by atoms with Crippen LogP contribution < -0.4 is 0 Å². The lowest BCUT2D eigenvalue weighted by atomic mass is 9.76. The van der Waals surface area contributed by atoms with Crippen molar-refractivity contribution < 1.29 is 14.0 Å². The molecule has 1 atom stereocenters. The van der Waals surface area contributed by atoms with Crippen molar-refractivity contribution in [1.82, 2.24) is 0 Å². The number of esters is 1. The number of hydrogen-bond acceptors (Lipinski definition) is 3. The fourth-order valence-corrected chi connectivity index (χ4v) is 4.93. The number of rotatable bonds is 9. The van der Waals surface area contributed by atoms with Gasteiger partial charge in [-0.1, -0.05) is 39.5 Å². The first-order valence-electron chi connectivity index (χ1n) is 8.71. The van der Waals surface area contributed by atoms with Crippen molar-refractivity contribution in [2.45, 2.75) is 90.5 Å². The molecule has 0 aliphatic carbocycles. The van der Waals surface area contributed by atoms with E-state index in [9.17, 15) is 4.79 Å². The second-order valence-corrected chi connectivity index (χ2v) is 11.8. The second-order valence-electron chi connectivity index (χ2n) is 7.35. The predicted octanol–water partition coefficient (Wildman–Crippen LogP) is 4.91. The number of cyclic esters (lactones) is 1. The summed E-state index contributed by atoms with van der Waals surface area (Å²) in [7, 11) is -1.71. The third kappa shape index (κ3) is 5.74. The first-order chi connectivity index (χ1) is 9.84. The minimum atomic E-state index is -1.71. The first-order valence-corrected chi connectivity index (χ1v) is 12.1. The van der Waals surface area contributed by atoms with Crippen molar-refractivity contribution in [3.8, 4) is 0 Å². The van der Waals surface area contributed by atoms with E-state index >= 15 is 0 Å². The first kappa shape index (κ1) is 18.7. The van der Waals surface area contributed by atoms with Crippen LogP contribution in [0.1, 0.15) is 65.2 Å². The van der Waals surface area contributed by atoms with E-state index in [1.807, 2.05) is 0 Å². The SMILES string of the molecule is CCCCC(CCCC)(O[Si](C)(C)C)C1CCCOC1=O. The lowest BCUT2D eigenvalue weighted by Crippen LogP contribution is -2.52. The van der Waals surface area contributed by atoms with Gasteiger partial charge in [0.05, 0.1) is 18.1 Å². The Balaban J connectivity index is 3.03. The Labute approximate surface area is 131 Å². The van der Waals surface area contributed by atoms with Crippen molar-refractivity contribution in [3.63, 3.8) is 0 Å². The summed E-state index contributed by atoms with van der Waals surface area (Å²) in [5.74, 6) is -0.0808. The van der Waals surface area contributed by atoms with Crippen molar-refractivity contribution in [1.29, 1.82) is 0 Å². The monoisotopic (exact) mass is 314 g/mol. The highest BCUT2D eigenvalue weighted by Crippen LogP contribution is 2.40. The van der Waals surface area contributed by atoms with Gasteiger partial charge in [0.15, 0.2) is 8.32 Å². The summed E-state index contributed by atoms with van der Waals surface area (Å²) in [6.07, 6.45) is 8.43. The third-order valence-electron chi connectivity index (χ3n) is 4.22. The van der Waals surface area contributed by atoms with E-state index in [-0.39, 0.29) is 17.5 Å². The number of unbranched alkanes of at least 4 members (excludes halogenated alkanes) is 2. The summed E-state index contributed by atoms with van der Waals surface area (Å²) < 4.78 is 12.0. The van der Waals surface area contributed by atoms with Crippen LogP contribution in [0.25, 0.3) is 0 Å². The Morgan fingerprint density at radius 3 is 2.19 bits per heavy atom. The number of hydrogen-bond donors (Lipinski definition) is 0. The maximum atomic E-state index is 12.4. The molecule has 0 aromatic heterocycles. The molecule has 0 aromatic carbocycles. The molecule has 1 fully saturated rings. The zero-order chi connectivity index (χ0) is 15.9. The van der Waals surface area contributed by atoms with Crippen molar-refractivity contribution >= 4 is 14.3 Å². The van der Waals surface area contributed by atoms with Crippen LogP contribution in [-0.2, 0) is 14.0 Å². The van der Waals surface area contributed by atoms with Gasteiger partial charge >= 0.3 is 5.97 Å². The topological polar surface area (TPSA) is 35.5 Å². The minimum absolute atomic E-state index is 0.0216. The van der Waals surface area contributed by atoms with Gasteiger partial charge in [0, 0.05) is 0 Å². The number of carbonyl (C=O) groups is 1. The standard InChI is InChI=1S/C17H34O3Si/c1-6-8-12-17(13-9-7-2,20-21(3,4)5)15-11-10-14-19-16(15)18/h15H,6-14H2,1-5H3. The molecule has 0 amide bonds. The Morgan fingerprint density at radius 1 is 1.19 bits per heavy atom. The van der Waals surface area contributed by atoms with E-state index in [4.69, 9.17) is 9.16 Å². The average molecular weight is 315 g/mol. The van der Waals surface area contributed by atoms with Crippen LogP contribution in [0.5, 0.6) is 0 Å². The lowest BCUT2D eigenvalue weighted by Gasteiger charge is -2.45. The highest BCUT2D eigenvalue weighted by molar-refractivity contribution is 6.69. The van der Waals surface area contributed by atoms with Crippen LogP contribution in [0.2, 0.25) is 19.6 Å². The largest absolute Gasteiger partial charge is 0.465 e. The molecule has 124 valence electrons. The summed E-state index contributed by atoms with van der Waals surface area (Å²) in [6, 6.07) is 0. The Hall–Kier alpha value is -0.353. The summed E-state index contributed by atoms with van der Waals surface area (Å²) in [5, 5.41) is 0. The van der Waals surface area contributed by atoms with E-state index in [1.165, 1.54) is 0 Å². The van der Waals surface area contributed by atoms with Crippen molar-refractivity contribution in [3.05, 3.63) is 0 Å². The zero-order valence-corrected chi connectivity index (χ0v) is 15.7. The van der Waals surface area contributed by atoms with Crippen molar-refractivity contribution in [2.75, 3.05) is 6.61 Å². The predicted molar refractivity (Wildman–Crippen MR) is 89.9 cm³/mol. The molecule has 0 radical (unpaired) electrons. The van der Waals surface area contributed by atoms with E-state index in [0.717, 1.165) is 51.4 Å². The highest BCUT2D eigenvalue weighted by Gasteiger charge is 2.47. The smallest absolute Gasteiger partial charge is 0.311 e. The van der Waals surface area contributed by atoms with E-state index in [0.29, 0.717) is 6.61 Å². The van der Waals surface area contributed by atoms with Gasteiger partial charge in [-0.3, -0.25) is 4.79 Å². The van der Waals surface area contributed by atoms with E-state index < -0.39 is 8.32 Å². The second kappa shape index (κ2) is 8.32. The van der Waals surface area contributed by atoms with Crippen LogP contribution >= 0.6 is 0 Å². The van der Waals surface area contributed by atoms with Gasteiger partial charge in [-0.25, -0.2) is 0 Å². The molecule has 21 heavy (non-hydrogen) atoms. The van der Waals surface area contributed by atoms with Gasteiger partial charge in [-0.15, -0.1) is 0 Å². The Morgan fingerprint density at radius 2 is 1.76 bits per heavy atom. The van der Waals surface area contributed by atoms with Gasteiger partial charge in [-0.05, 0) is 45.3 Å². The van der Waals surface area contributed by atoms with Crippen LogP contribution in [0.15, 0.2) is 0 Å². The normalized spacial score (nSPS) is 20.4. The molecule has 1 unspecified atom stereocenters. The maximum absolute atomic E-state index is 12.4. The molecule has 0 N–H and O–H groups in total. The summed E-state index contributed by atoms with van der Waals surface area (Å²) in [4.78, 5) is 12.4. The molecule has 1 rings (SSSR count). The average Bonchev–Trinajstić information content (AvgIpc) is 2.41. The molecule has 0 spiro atoms. The van der Waals surface area contributed by atoms with Gasteiger partial charge in [-0.2, -0.15) is 0 Å². The molecule has 1 aliphatic rings. The Bertz CT molecular complexity index is 314. The molecule has 0 aromatic rings. The van der Waals surface area contributed by atoms with Gasteiger partial charge in [0.1, 0.15) is 0 Å². The van der Waals surface area contributed by atoms with Crippen LogP contribution in [0.3, 0.4) is 0 Å². The fraction of sp³-hybridized carbons (Fsp3) is 0.941. The minimum Gasteiger partial charge on any atom is -0.465 e. The molecular weight excluding hydrogens is 280 g/mol. The van der Waals surface area contributed by atoms with Gasteiger partial charge < -0.3 is 9.16 Å². The lowest BCUT2D eigenvalue weighted by molar-refractivity contribution is -0.165. The Kier molecular flexibility index (Phi) is 7.41.